The summed E-state index contributed by atoms with van der Waals surface area (Å²) in [5.41, 5.74) is 0.923. The number of methoxy groups -OCH3 is 1. The molecule has 2 rings (SSSR count). The molecule has 1 fully saturated rings. The van der Waals surface area contributed by atoms with Crippen molar-refractivity contribution in [2.24, 2.45) is 5.92 Å². The molecule has 1 aliphatic rings. The summed E-state index contributed by atoms with van der Waals surface area (Å²) in [5.74, 6) is 1.07. The lowest BCUT2D eigenvalue weighted by atomic mass is 9.85. The summed E-state index contributed by atoms with van der Waals surface area (Å²) in [6, 6.07) is 4.88. The summed E-state index contributed by atoms with van der Waals surface area (Å²) < 4.78 is 18.8. The van der Waals surface area contributed by atoms with Crippen LogP contribution in [0.5, 0.6) is 5.75 Å². The van der Waals surface area contributed by atoms with Crippen LogP contribution < -0.4 is 15.4 Å². The van der Waals surface area contributed by atoms with Crippen LogP contribution in [0, 0.1) is 11.7 Å². The highest BCUT2D eigenvalue weighted by Crippen LogP contribution is 2.34. The fourth-order valence-corrected chi connectivity index (χ4v) is 2.77. The van der Waals surface area contributed by atoms with E-state index in [4.69, 9.17) is 4.74 Å². The normalized spacial score (nSPS) is 18.6. The van der Waals surface area contributed by atoms with Crippen LogP contribution in [-0.2, 0) is 0 Å². The third-order valence-electron chi connectivity index (χ3n) is 3.69. The highest BCUT2D eigenvalue weighted by atomic mass is 19.1. The van der Waals surface area contributed by atoms with E-state index in [0.717, 1.165) is 37.2 Å². The Morgan fingerprint density at radius 2 is 2.11 bits per heavy atom. The van der Waals surface area contributed by atoms with Gasteiger partial charge in [-0.3, -0.25) is 0 Å². The maximum Gasteiger partial charge on any atom is 0.123 e. The Balaban J connectivity index is 2.27. The lowest BCUT2D eigenvalue weighted by Crippen LogP contribution is -2.35. The van der Waals surface area contributed by atoms with Crippen molar-refractivity contribution < 1.29 is 9.13 Å². The number of ether oxygens (including phenoxy) is 1. The van der Waals surface area contributed by atoms with E-state index in [1.54, 1.807) is 19.2 Å². The molecular formula is C14H21FN2O. The molecule has 0 radical (unpaired) electrons. The van der Waals surface area contributed by atoms with E-state index in [9.17, 15) is 4.39 Å². The molecule has 1 aromatic carbocycles. The lowest BCUT2D eigenvalue weighted by Gasteiger charge is -2.31. The van der Waals surface area contributed by atoms with Crippen molar-refractivity contribution >= 4 is 0 Å². The first kappa shape index (κ1) is 13.3. The van der Waals surface area contributed by atoms with Gasteiger partial charge in [0.2, 0.25) is 0 Å². The number of piperidine rings is 1. The van der Waals surface area contributed by atoms with Gasteiger partial charge in [-0.05, 0) is 57.1 Å². The summed E-state index contributed by atoms with van der Waals surface area (Å²) in [6.45, 7) is 2.06. The van der Waals surface area contributed by atoms with Crippen molar-refractivity contribution in [3.63, 3.8) is 0 Å². The smallest absolute Gasteiger partial charge is 0.123 e. The Bertz CT molecular complexity index is 391. The highest BCUT2D eigenvalue weighted by Gasteiger charge is 2.26. The second kappa shape index (κ2) is 6.16. The van der Waals surface area contributed by atoms with Gasteiger partial charge in [-0.25, -0.2) is 4.39 Å². The zero-order valence-electron chi connectivity index (χ0n) is 11.0. The van der Waals surface area contributed by atoms with Crippen LogP contribution in [0.2, 0.25) is 0 Å². The molecule has 18 heavy (non-hydrogen) atoms. The Kier molecular flexibility index (Phi) is 4.55. The first-order valence-electron chi connectivity index (χ1n) is 6.47. The molecule has 1 atom stereocenters. The van der Waals surface area contributed by atoms with Gasteiger partial charge >= 0.3 is 0 Å². The van der Waals surface area contributed by atoms with Crippen LogP contribution in [0.4, 0.5) is 4.39 Å². The van der Waals surface area contributed by atoms with Crippen molar-refractivity contribution in [1.29, 1.82) is 0 Å². The van der Waals surface area contributed by atoms with E-state index in [1.165, 1.54) is 6.07 Å². The van der Waals surface area contributed by atoms with Gasteiger partial charge in [-0.1, -0.05) is 0 Å². The lowest BCUT2D eigenvalue weighted by molar-refractivity contribution is 0.286. The Hall–Kier alpha value is -1.13. The Morgan fingerprint density at radius 1 is 1.39 bits per heavy atom. The molecule has 0 saturated carbocycles. The first-order chi connectivity index (χ1) is 8.76. The van der Waals surface area contributed by atoms with Gasteiger partial charge in [0.15, 0.2) is 0 Å². The quantitative estimate of drug-likeness (QED) is 0.861. The molecule has 0 aliphatic carbocycles. The van der Waals surface area contributed by atoms with Gasteiger partial charge in [-0.15, -0.1) is 0 Å². The predicted octanol–water partition coefficient (Wildman–Crippen LogP) is 2.09. The fourth-order valence-electron chi connectivity index (χ4n) is 2.77. The van der Waals surface area contributed by atoms with E-state index in [-0.39, 0.29) is 11.9 Å². The van der Waals surface area contributed by atoms with E-state index in [1.807, 2.05) is 7.05 Å². The van der Waals surface area contributed by atoms with Crippen molar-refractivity contribution in [3.8, 4) is 5.75 Å². The second-order valence-electron chi connectivity index (χ2n) is 4.74. The monoisotopic (exact) mass is 252 g/mol. The summed E-state index contributed by atoms with van der Waals surface area (Å²) in [5, 5.41) is 6.67. The van der Waals surface area contributed by atoms with Crippen molar-refractivity contribution in [1.82, 2.24) is 10.6 Å². The van der Waals surface area contributed by atoms with Crippen LogP contribution in [0.1, 0.15) is 24.4 Å². The maximum absolute atomic E-state index is 13.5. The third kappa shape index (κ3) is 2.82. The van der Waals surface area contributed by atoms with Gasteiger partial charge in [0.1, 0.15) is 11.6 Å². The summed E-state index contributed by atoms with van der Waals surface area (Å²) in [7, 11) is 3.56. The molecule has 0 aromatic heterocycles. The molecule has 100 valence electrons. The topological polar surface area (TPSA) is 33.3 Å². The molecule has 1 saturated heterocycles. The van der Waals surface area contributed by atoms with E-state index in [2.05, 4.69) is 10.6 Å². The molecule has 0 spiro atoms. The van der Waals surface area contributed by atoms with Crippen LogP contribution in [0.15, 0.2) is 18.2 Å². The molecule has 1 heterocycles. The van der Waals surface area contributed by atoms with E-state index < -0.39 is 0 Å². The fraction of sp³-hybridized carbons (Fsp3) is 0.571. The molecule has 4 heteroatoms. The van der Waals surface area contributed by atoms with Crippen LogP contribution >= 0.6 is 0 Å². The van der Waals surface area contributed by atoms with E-state index >= 15 is 0 Å². The number of rotatable bonds is 4. The molecule has 1 unspecified atom stereocenters. The summed E-state index contributed by atoms with van der Waals surface area (Å²) in [6.07, 6.45) is 2.20. The largest absolute Gasteiger partial charge is 0.496 e. The van der Waals surface area contributed by atoms with Crippen molar-refractivity contribution in [3.05, 3.63) is 29.6 Å². The minimum atomic E-state index is -0.208. The number of hydrogen-bond acceptors (Lipinski definition) is 3. The zero-order valence-corrected chi connectivity index (χ0v) is 11.0. The second-order valence-corrected chi connectivity index (χ2v) is 4.74. The highest BCUT2D eigenvalue weighted by molar-refractivity contribution is 5.37. The predicted molar refractivity (Wildman–Crippen MR) is 70.3 cm³/mol. The van der Waals surface area contributed by atoms with Crippen LogP contribution in [0.25, 0.3) is 0 Å². The van der Waals surface area contributed by atoms with Crippen molar-refractivity contribution in [2.75, 3.05) is 27.2 Å². The average Bonchev–Trinajstić information content (AvgIpc) is 2.41. The van der Waals surface area contributed by atoms with Gasteiger partial charge in [0.25, 0.3) is 0 Å². The van der Waals surface area contributed by atoms with Gasteiger partial charge in [0.05, 0.1) is 7.11 Å². The molecule has 2 N–H and O–H groups in total. The minimum Gasteiger partial charge on any atom is -0.496 e. The first-order valence-corrected chi connectivity index (χ1v) is 6.47. The van der Waals surface area contributed by atoms with Gasteiger partial charge < -0.3 is 15.4 Å². The number of halogens is 1. The molecule has 0 amide bonds. The maximum atomic E-state index is 13.5. The number of nitrogens with one attached hydrogen (secondary N) is 2. The number of hydrogen-bond donors (Lipinski definition) is 2. The third-order valence-corrected chi connectivity index (χ3v) is 3.69. The molecule has 0 bridgehead atoms. The van der Waals surface area contributed by atoms with Crippen LogP contribution in [0.3, 0.4) is 0 Å². The molecule has 1 aliphatic heterocycles. The van der Waals surface area contributed by atoms with Crippen LogP contribution in [-0.4, -0.2) is 27.2 Å². The number of benzene rings is 1. The molecule has 1 aromatic rings. The zero-order chi connectivity index (χ0) is 13.0. The summed E-state index contributed by atoms with van der Waals surface area (Å²) >= 11 is 0. The average molecular weight is 252 g/mol. The minimum absolute atomic E-state index is 0.151. The Morgan fingerprint density at radius 3 is 2.72 bits per heavy atom. The summed E-state index contributed by atoms with van der Waals surface area (Å²) in [4.78, 5) is 0. The van der Waals surface area contributed by atoms with Gasteiger partial charge in [-0.2, -0.15) is 0 Å². The van der Waals surface area contributed by atoms with E-state index in [0.29, 0.717) is 5.92 Å². The standard InChI is InChI=1S/C14H21FN2O/c1-16-14(10-5-7-17-8-6-10)12-9-11(15)3-4-13(12)18-2/h3-4,9-10,14,16-17H,5-8H2,1-2H3. The van der Waals surface area contributed by atoms with Gasteiger partial charge in [0, 0.05) is 11.6 Å². The molecule has 3 nitrogen and oxygen atoms in total. The van der Waals surface area contributed by atoms with Crippen molar-refractivity contribution in [2.45, 2.75) is 18.9 Å². The SMILES string of the molecule is CNC(c1cc(F)ccc1OC)C1CCNCC1. The Labute approximate surface area is 108 Å². The molecular weight excluding hydrogens is 231 g/mol.